The fourth-order valence-electron chi connectivity index (χ4n) is 3.35. The van der Waals surface area contributed by atoms with Crippen molar-refractivity contribution in [2.45, 2.75) is 0 Å². The van der Waals surface area contributed by atoms with E-state index in [2.05, 4.69) is 20.7 Å². The number of nitrogens with zero attached hydrogens (tertiary/aromatic N) is 5. The number of benzene rings is 3. The number of aromatic nitrogens is 1. The van der Waals surface area contributed by atoms with Crippen LogP contribution in [0, 0.1) is 10.1 Å². The molecule has 0 saturated carbocycles. The number of pyridine rings is 1. The molecule has 0 amide bonds. The first kappa shape index (κ1) is 21.6. The summed E-state index contributed by atoms with van der Waals surface area (Å²) in [5.41, 5.74) is 11.7. The highest BCUT2D eigenvalue weighted by Crippen LogP contribution is 2.31. The Hall–Kier alpha value is -4.07. The first-order valence-corrected chi connectivity index (χ1v) is 9.26. The minimum Gasteiger partial charge on any atom is -0.382 e. The number of hydrogen-bond donors (Lipinski definition) is 2. The largest absolute Gasteiger partial charge is 0.382 e. The molecule has 9 nitrogen and oxygen atoms in total. The van der Waals surface area contributed by atoms with E-state index in [4.69, 9.17) is 10.5 Å². The van der Waals surface area contributed by atoms with Gasteiger partial charge < -0.3 is 10.6 Å². The number of rotatable bonds is 7. The first-order chi connectivity index (χ1) is 14.7. The average molecular weight is 436 g/mol. The van der Waals surface area contributed by atoms with Crippen molar-refractivity contribution < 1.29 is 4.92 Å². The van der Waals surface area contributed by atoms with E-state index in [1.54, 1.807) is 6.07 Å². The SMILES string of the molecule is Cl.[N-]=[N+]=Nc1ccc(NCCNc2c3ccccc3nc3ccccc23)c([N+](=O)[O-])c1. The van der Waals surface area contributed by atoms with E-state index >= 15 is 0 Å². The van der Waals surface area contributed by atoms with Gasteiger partial charge in [0.2, 0.25) is 0 Å². The van der Waals surface area contributed by atoms with E-state index in [0.717, 1.165) is 27.5 Å². The van der Waals surface area contributed by atoms with Crippen LogP contribution in [-0.4, -0.2) is 23.0 Å². The Balaban J connectivity index is 0.00000272. The quantitative estimate of drug-likeness (QED) is 0.0680. The minimum atomic E-state index is -0.504. The van der Waals surface area contributed by atoms with Crippen LogP contribution in [0.15, 0.2) is 71.8 Å². The Labute approximate surface area is 183 Å². The molecule has 0 aliphatic rings. The third kappa shape index (κ3) is 4.58. The van der Waals surface area contributed by atoms with Crippen LogP contribution in [0.25, 0.3) is 32.2 Å². The lowest BCUT2D eigenvalue weighted by Gasteiger charge is -2.14. The molecule has 1 heterocycles. The highest BCUT2D eigenvalue weighted by atomic mass is 35.5. The van der Waals surface area contributed by atoms with Crippen molar-refractivity contribution in [2.24, 2.45) is 5.11 Å². The Morgan fingerprint density at radius 3 is 2.19 bits per heavy atom. The predicted molar refractivity (Wildman–Crippen MR) is 125 cm³/mol. The molecule has 10 heteroatoms. The number of azide groups is 1. The molecule has 0 bridgehead atoms. The predicted octanol–water partition coefficient (Wildman–Crippen LogP) is 6.18. The Morgan fingerprint density at radius 1 is 0.968 bits per heavy atom. The maximum Gasteiger partial charge on any atom is 0.292 e. The van der Waals surface area contributed by atoms with Crippen LogP contribution in [0.2, 0.25) is 0 Å². The van der Waals surface area contributed by atoms with Crippen LogP contribution in [0.5, 0.6) is 0 Å². The van der Waals surface area contributed by atoms with Crippen molar-refractivity contribution in [1.82, 2.24) is 4.98 Å². The van der Waals surface area contributed by atoms with Gasteiger partial charge in [0.15, 0.2) is 0 Å². The molecule has 0 atom stereocenters. The Bertz CT molecular complexity index is 1250. The number of para-hydroxylation sites is 2. The highest BCUT2D eigenvalue weighted by molar-refractivity contribution is 6.07. The third-order valence-corrected chi connectivity index (χ3v) is 4.67. The van der Waals surface area contributed by atoms with Gasteiger partial charge in [0, 0.05) is 40.5 Å². The van der Waals surface area contributed by atoms with Crippen LogP contribution in [0.1, 0.15) is 0 Å². The van der Waals surface area contributed by atoms with E-state index in [-0.39, 0.29) is 23.8 Å². The van der Waals surface area contributed by atoms with Crippen LogP contribution in [0.3, 0.4) is 0 Å². The summed E-state index contributed by atoms with van der Waals surface area (Å²) in [7, 11) is 0. The van der Waals surface area contributed by atoms with Gasteiger partial charge in [0.25, 0.3) is 5.69 Å². The standard InChI is InChI=1S/C21H17N7O2.ClH/c22-27-26-14-9-10-19(20(13-14)28(29)30)23-11-12-24-21-15-5-1-3-7-17(15)25-18-8-4-2-6-16(18)21;/h1-10,13,23H,11-12H2,(H,24,25);1H. The first-order valence-electron chi connectivity index (χ1n) is 9.26. The minimum absolute atomic E-state index is 0. The molecule has 3 aromatic carbocycles. The molecule has 0 aliphatic heterocycles. The van der Waals surface area contributed by atoms with Crippen LogP contribution in [0.4, 0.5) is 22.7 Å². The fourth-order valence-corrected chi connectivity index (χ4v) is 3.35. The summed E-state index contributed by atoms with van der Waals surface area (Å²) < 4.78 is 0. The molecule has 0 radical (unpaired) electrons. The summed E-state index contributed by atoms with van der Waals surface area (Å²) in [6.45, 7) is 0.986. The maximum absolute atomic E-state index is 11.3. The van der Waals surface area contributed by atoms with E-state index in [1.165, 1.54) is 12.1 Å². The zero-order valence-electron chi connectivity index (χ0n) is 16.2. The smallest absolute Gasteiger partial charge is 0.292 e. The number of nitro benzene ring substituents is 1. The van der Waals surface area contributed by atoms with Gasteiger partial charge in [-0.3, -0.25) is 10.1 Å². The highest BCUT2D eigenvalue weighted by Gasteiger charge is 2.14. The van der Waals surface area contributed by atoms with E-state index in [9.17, 15) is 10.1 Å². The lowest BCUT2D eigenvalue weighted by molar-refractivity contribution is -0.383. The van der Waals surface area contributed by atoms with Crippen molar-refractivity contribution in [1.29, 1.82) is 0 Å². The van der Waals surface area contributed by atoms with Crippen molar-refractivity contribution in [3.05, 3.63) is 87.3 Å². The summed E-state index contributed by atoms with van der Waals surface area (Å²) in [5, 5.41) is 23.3. The lowest BCUT2D eigenvalue weighted by Crippen LogP contribution is -2.15. The van der Waals surface area contributed by atoms with Gasteiger partial charge in [-0.2, -0.15) is 0 Å². The topological polar surface area (TPSA) is 129 Å². The monoisotopic (exact) mass is 435 g/mol. The molecule has 0 unspecified atom stereocenters. The third-order valence-electron chi connectivity index (χ3n) is 4.67. The molecule has 0 fully saturated rings. The molecule has 0 saturated heterocycles. The lowest BCUT2D eigenvalue weighted by atomic mass is 10.1. The zero-order chi connectivity index (χ0) is 20.9. The van der Waals surface area contributed by atoms with Crippen LogP contribution >= 0.6 is 12.4 Å². The van der Waals surface area contributed by atoms with Crippen molar-refractivity contribution in [2.75, 3.05) is 23.7 Å². The number of fused-ring (bicyclic) bond motifs is 2. The van der Waals surface area contributed by atoms with Gasteiger partial charge in [0.1, 0.15) is 5.69 Å². The molecule has 0 spiro atoms. The van der Waals surface area contributed by atoms with Gasteiger partial charge in [-0.25, -0.2) is 4.98 Å². The molecular weight excluding hydrogens is 418 g/mol. The normalized spacial score (nSPS) is 10.2. The number of halogens is 1. The number of anilines is 2. The summed E-state index contributed by atoms with van der Waals surface area (Å²) in [6.07, 6.45) is 0. The number of nitro groups is 1. The van der Waals surface area contributed by atoms with Gasteiger partial charge in [-0.05, 0) is 23.7 Å². The van der Waals surface area contributed by atoms with E-state index < -0.39 is 4.92 Å². The van der Waals surface area contributed by atoms with Crippen LogP contribution < -0.4 is 10.6 Å². The van der Waals surface area contributed by atoms with E-state index in [1.807, 2.05) is 48.5 Å². The second kappa shape index (κ2) is 9.62. The van der Waals surface area contributed by atoms with Gasteiger partial charge in [0.05, 0.1) is 21.6 Å². The molecule has 0 aliphatic carbocycles. The Morgan fingerprint density at radius 2 is 1.58 bits per heavy atom. The molecule has 1 aromatic heterocycles. The average Bonchev–Trinajstić information content (AvgIpc) is 2.76. The number of hydrogen-bond acceptors (Lipinski definition) is 6. The summed E-state index contributed by atoms with van der Waals surface area (Å²) in [5.74, 6) is 0. The molecule has 4 rings (SSSR count). The van der Waals surface area contributed by atoms with Crippen LogP contribution in [-0.2, 0) is 0 Å². The maximum atomic E-state index is 11.3. The van der Waals surface area contributed by atoms with E-state index in [0.29, 0.717) is 18.8 Å². The molecule has 2 N–H and O–H groups in total. The van der Waals surface area contributed by atoms with Gasteiger partial charge in [-0.15, -0.1) is 12.4 Å². The summed E-state index contributed by atoms with van der Waals surface area (Å²) in [6, 6.07) is 20.1. The second-order valence-electron chi connectivity index (χ2n) is 6.52. The Kier molecular flexibility index (Phi) is 6.71. The number of nitrogens with one attached hydrogen (secondary N) is 2. The molecule has 156 valence electrons. The van der Waals surface area contributed by atoms with Crippen molar-refractivity contribution in [3.63, 3.8) is 0 Å². The van der Waals surface area contributed by atoms with Gasteiger partial charge in [-0.1, -0.05) is 47.6 Å². The summed E-state index contributed by atoms with van der Waals surface area (Å²) >= 11 is 0. The second-order valence-corrected chi connectivity index (χ2v) is 6.52. The zero-order valence-corrected chi connectivity index (χ0v) is 17.0. The molecular formula is C21H18ClN7O2. The van der Waals surface area contributed by atoms with Crippen molar-refractivity contribution >= 4 is 57.0 Å². The fraction of sp³-hybridized carbons (Fsp3) is 0.0952. The summed E-state index contributed by atoms with van der Waals surface area (Å²) in [4.78, 5) is 18.2. The van der Waals surface area contributed by atoms with Gasteiger partial charge >= 0.3 is 0 Å². The molecule has 31 heavy (non-hydrogen) atoms. The van der Waals surface area contributed by atoms with Crippen molar-refractivity contribution in [3.8, 4) is 0 Å². The molecule has 4 aromatic rings.